The molecule has 1 unspecified atom stereocenters. The number of aliphatic hydroxyl groups is 1. The molecule has 34 heavy (non-hydrogen) atoms. The number of ether oxygens (including phenoxy) is 3. The van der Waals surface area contributed by atoms with Gasteiger partial charge < -0.3 is 19.3 Å². The Bertz CT molecular complexity index is 1240. The summed E-state index contributed by atoms with van der Waals surface area (Å²) in [5.74, 6) is -0.419. The van der Waals surface area contributed by atoms with Crippen LogP contribution >= 0.6 is 0 Å². The van der Waals surface area contributed by atoms with Gasteiger partial charge in [-0.3, -0.25) is 19.5 Å². The topological polar surface area (TPSA) is 98.2 Å². The highest BCUT2D eigenvalue weighted by atomic mass is 16.5. The summed E-state index contributed by atoms with van der Waals surface area (Å²) in [4.78, 5) is 31.9. The number of benzene rings is 2. The minimum Gasteiger partial charge on any atom is -0.507 e. The molecule has 0 bridgehead atoms. The summed E-state index contributed by atoms with van der Waals surface area (Å²) in [5.41, 5.74) is 1.34. The van der Waals surface area contributed by atoms with E-state index in [0.29, 0.717) is 35.1 Å². The number of hydrogen-bond donors (Lipinski definition) is 1. The Hall–Kier alpha value is -4.33. The summed E-state index contributed by atoms with van der Waals surface area (Å²) in [5, 5.41) is 11.3. The third kappa shape index (κ3) is 4.05. The van der Waals surface area contributed by atoms with Crippen molar-refractivity contribution in [2.24, 2.45) is 0 Å². The van der Waals surface area contributed by atoms with Crippen molar-refractivity contribution in [3.63, 3.8) is 0 Å². The van der Waals surface area contributed by atoms with Gasteiger partial charge in [-0.2, -0.15) is 0 Å². The SMILES string of the molecule is CCOc1ccc(N2C(=O)C(=O)/C(=C(\O)c3ccc(OC)cc3OC)C2c2ccncc2)cc1. The first-order chi connectivity index (χ1) is 16.5. The first kappa shape index (κ1) is 22.8. The number of carbonyl (C=O) groups is 2. The second-order valence-electron chi connectivity index (χ2n) is 7.44. The normalized spacial score (nSPS) is 17.0. The third-order valence-electron chi connectivity index (χ3n) is 5.56. The van der Waals surface area contributed by atoms with Crippen LogP contribution in [0.25, 0.3) is 5.76 Å². The predicted octanol–water partition coefficient (Wildman–Crippen LogP) is 4.12. The van der Waals surface area contributed by atoms with Crippen molar-refractivity contribution in [1.29, 1.82) is 0 Å². The molecule has 1 N–H and O–H groups in total. The van der Waals surface area contributed by atoms with Crippen LogP contribution in [0.5, 0.6) is 17.2 Å². The second kappa shape index (κ2) is 9.66. The Kier molecular flexibility index (Phi) is 6.49. The lowest BCUT2D eigenvalue weighted by Gasteiger charge is -2.25. The molecule has 3 aromatic rings. The molecule has 174 valence electrons. The fourth-order valence-electron chi connectivity index (χ4n) is 3.97. The molecule has 1 fully saturated rings. The molecule has 1 aliphatic heterocycles. The summed E-state index contributed by atoms with van der Waals surface area (Å²) in [7, 11) is 2.96. The van der Waals surface area contributed by atoms with Gasteiger partial charge in [0, 0.05) is 24.1 Å². The first-order valence-corrected chi connectivity index (χ1v) is 10.7. The van der Waals surface area contributed by atoms with E-state index in [9.17, 15) is 14.7 Å². The number of rotatable bonds is 7. The van der Waals surface area contributed by atoms with Crippen LogP contribution in [0, 0.1) is 0 Å². The van der Waals surface area contributed by atoms with E-state index in [4.69, 9.17) is 14.2 Å². The largest absolute Gasteiger partial charge is 0.507 e. The molecule has 1 amide bonds. The van der Waals surface area contributed by atoms with Crippen LogP contribution in [0.3, 0.4) is 0 Å². The lowest BCUT2D eigenvalue weighted by molar-refractivity contribution is -0.132. The molecule has 1 aromatic heterocycles. The van der Waals surface area contributed by atoms with Crippen molar-refractivity contribution in [2.75, 3.05) is 25.7 Å². The minimum atomic E-state index is -0.868. The van der Waals surface area contributed by atoms with E-state index in [1.807, 2.05) is 6.92 Å². The fraction of sp³-hybridized carbons (Fsp3) is 0.192. The van der Waals surface area contributed by atoms with E-state index in [2.05, 4.69) is 4.98 Å². The molecule has 1 atom stereocenters. The van der Waals surface area contributed by atoms with Crippen LogP contribution in [-0.2, 0) is 9.59 Å². The molecule has 8 nitrogen and oxygen atoms in total. The minimum absolute atomic E-state index is 0.0476. The average molecular weight is 460 g/mol. The van der Waals surface area contributed by atoms with Crippen LogP contribution in [0.2, 0.25) is 0 Å². The highest BCUT2D eigenvalue weighted by Gasteiger charge is 2.47. The number of methoxy groups -OCH3 is 2. The van der Waals surface area contributed by atoms with Gasteiger partial charge in [0.2, 0.25) is 0 Å². The zero-order valence-electron chi connectivity index (χ0n) is 19.0. The average Bonchev–Trinajstić information content (AvgIpc) is 3.14. The van der Waals surface area contributed by atoms with Crippen molar-refractivity contribution in [3.8, 4) is 17.2 Å². The van der Waals surface area contributed by atoms with Crippen LogP contribution in [0.1, 0.15) is 24.1 Å². The Morgan fingerprint density at radius 3 is 2.26 bits per heavy atom. The molecule has 8 heteroatoms. The van der Waals surface area contributed by atoms with Gasteiger partial charge in [-0.15, -0.1) is 0 Å². The molecule has 4 rings (SSSR count). The van der Waals surface area contributed by atoms with E-state index in [0.717, 1.165) is 0 Å². The number of nitrogens with zero attached hydrogens (tertiary/aromatic N) is 2. The Morgan fingerprint density at radius 1 is 0.971 bits per heavy atom. The fourth-order valence-corrected chi connectivity index (χ4v) is 3.97. The zero-order chi connectivity index (χ0) is 24.2. The maximum absolute atomic E-state index is 13.3. The predicted molar refractivity (Wildman–Crippen MR) is 126 cm³/mol. The molecular formula is C26H24N2O6. The van der Waals surface area contributed by atoms with Gasteiger partial charge in [-0.05, 0) is 61.0 Å². The maximum atomic E-state index is 13.3. The quantitative estimate of drug-likeness (QED) is 0.322. The number of ketones is 1. The number of aromatic nitrogens is 1. The Labute approximate surface area is 197 Å². The number of anilines is 1. The number of carbonyl (C=O) groups excluding carboxylic acids is 2. The molecule has 0 radical (unpaired) electrons. The van der Waals surface area contributed by atoms with Crippen LogP contribution in [0.15, 0.2) is 72.6 Å². The summed E-state index contributed by atoms with van der Waals surface area (Å²) in [6, 6.07) is 14.2. The van der Waals surface area contributed by atoms with Crippen molar-refractivity contribution in [3.05, 3.63) is 83.7 Å². The summed E-state index contributed by atoms with van der Waals surface area (Å²) >= 11 is 0. The van der Waals surface area contributed by atoms with Gasteiger partial charge in [0.05, 0.1) is 38.0 Å². The Morgan fingerprint density at radius 2 is 1.65 bits per heavy atom. The standard InChI is InChI=1S/C26H24N2O6/c1-4-34-18-7-5-17(6-8-18)28-23(16-11-13-27-14-12-16)22(25(30)26(28)31)24(29)20-10-9-19(32-2)15-21(20)33-3/h5-15,23,29H,4H2,1-3H3/b24-22-. The molecule has 0 spiro atoms. The molecule has 0 aliphatic carbocycles. The number of amides is 1. The molecule has 1 aliphatic rings. The van der Waals surface area contributed by atoms with E-state index in [1.54, 1.807) is 67.0 Å². The number of pyridine rings is 1. The zero-order valence-corrected chi connectivity index (χ0v) is 19.0. The third-order valence-corrected chi connectivity index (χ3v) is 5.56. The summed E-state index contributed by atoms with van der Waals surface area (Å²) in [6.45, 7) is 2.38. The van der Waals surface area contributed by atoms with Gasteiger partial charge in [-0.1, -0.05) is 0 Å². The van der Waals surface area contributed by atoms with E-state index in [1.165, 1.54) is 19.1 Å². The van der Waals surface area contributed by atoms with Crippen molar-refractivity contribution in [1.82, 2.24) is 4.98 Å². The van der Waals surface area contributed by atoms with Crippen LogP contribution in [0.4, 0.5) is 5.69 Å². The van der Waals surface area contributed by atoms with Crippen molar-refractivity contribution >= 4 is 23.1 Å². The van der Waals surface area contributed by atoms with Gasteiger partial charge >= 0.3 is 0 Å². The summed E-state index contributed by atoms with van der Waals surface area (Å²) in [6.07, 6.45) is 3.14. The van der Waals surface area contributed by atoms with Crippen LogP contribution in [-0.4, -0.2) is 42.6 Å². The van der Waals surface area contributed by atoms with E-state index in [-0.39, 0.29) is 16.9 Å². The highest BCUT2D eigenvalue weighted by molar-refractivity contribution is 6.51. The molecule has 0 saturated carbocycles. The lowest BCUT2D eigenvalue weighted by atomic mass is 9.95. The maximum Gasteiger partial charge on any atom is 0.300 e. The van der Waals surface area contributed by atoms with E-state index < -0.39 is 17.7 Å². The number of hydrogen-bond acceptors (Lipinski definition) is 7. The summed E-state index contributed by atoms with van der Waals surface area (Å²) < 4.78 is 16.1. The second-order valence-corrected chi connectivity index (χ2v) is 7.44. The first-order valence-electron chi connectivity index (χ1n) is 10.7. The molecule has 1 saturated heterocycles. The number of Topliss-reactive ketones (excluding diaryl/α,β-unsaturated/α-hetero) is 1. The number of aliphatic hydroxyl groups excluding tert-OH is 1. The Balaban J connectivity index is 1.90. The van der Waals surface area contributed by atoms with Gasteiger partial charge in [0.25, 0.3) is 11.7 Å². The molecular weight excluding hydrogens is 436 g/mol. The monoisotopic (exact) mass is 460 g/mol. The van der Waals surface area contributed by atoms with E-state index >= 15 is 0 Å². The van der Waals surface area contributed by atoms with Gasteiger partial charge in [0.15, 0.2) is 0 Å². The highest BCUT2D eigenvalue weighted by Crippen LogP contribution is 2.43. The smallest absolute Gasteiger partial charge is 0.300 e. The molecule has 2 heterocycles. The van der Waals surface area contributed by atoms with Crippen molar-refractivity contribution < 1.29 is 28.9 Å². The van der Waals surface area contributed by atoms with Crippen molar-refractivity contribution in [2.45, 2.75) is 13.0 Å². The van der Waals surface area contributed by atoms with Gasteiger partial charge in [-0.25, -0.2) is 0 Å². The lowest BCUT2D eigenvalue weighted by Crippen LogP contribution is -2.29. The van der Waals surface area contributed by atoms with Crippen LogP contribution < -0.4 is 19.1 Å². The van der Waals surface area contributed by atoms with Gasteiger partial charge in [0.1, 0.15) is 23.0 Å². The molecule has 2 aromatic carbocycles.